The highest BCUT2D eigenvalue weighted by Crippen LogP contribution is 2.28. The lowest BCUT2D eigenvalue weighted by Crippen LogP contribution is -2.08. The molecule has 1 atom stereocenters. The topological polar surface area (TPSA) is 27.8 Å². The third kappa shape index (κ3) is 1.15. The van der Waals surface area contributed by atoms with Gasteiger partial charge in [-0.1, -0.05) is 18.2 Å². The van der Waals surface area contributed by atoms with E-state index in [0.717, 1.165) is 13.1 Å². The average molecular weight is 186 g/mol. The van der Waals surface area contributed by atoms with E-state index in [0.29, 0.717) is 5.92 Å². The summed E-state index contributed by atoms with van der Waals surface area (Å²) in [6.45, 7) is 2.28. The predicted octanol–water partition coefficient (Wildman–Crippen LogP) is 2.24. The third-order valence-corrected chi connectivity index (χ3v) is 3.12. The Kier molecular flexibility index (Phi) is 1.81. The first-order valence-electron chi connectivity index (χ1n) is 5.22. The summed E-state index contributed by atoms with van der Waals surface area (Å²) in [5, 5.41) is 4.74. The van der Waals surface area contributed by atoms with Crippen molar-refractivity contribution in [1.29, 1.82) is 0 Å². The molecule has 3 rings (SSSR count). The summed E-state index contributed by atoms with van der Waals surface area (Å²) >= 11 is 0. The van der Waals surface area contributed by atoms with Gasteiger partial charge in [0.15, 0.2) is 0 Å². The Balaban J connectivity index is 2.14. The Morgan fingerprint density at radius 3 is 3.07 bits per heavy atom. The number of para-hydroxylation sites is 1. The number of rotatable bonds is 1. The van der Waals surface area contributed by atoms with Gasteiger partial charge in [0.2, 0.25) is 0 Å². The molecule has 0 bridgehead atoms. The molecule has 0 amide bonds. The highest BCUT2D eigenvalue weighted by atomic mass is 14.9. The van der Waals surface area contributed by atoms with Gasteiger partial charge in [-0.15, -0.1) is 0 Å². The van der Waals surface area contributed by atoms with E-state index in [1.54, 1.807) is 0 Å². The number of H-pyrrole nitrogens is 1. The van der Waals surface area contributed by atoms with E-state index in [1.165, 1.54) is 22.9 Å². The Hall–Kier alpha value is -1.28. The van der Waals surface area contributed by atoms with Gasteiger partial charge in [0.05, 0.1) is 0 Å². The zero-order valence-corrected chi connectivity index (χ0v) is 8.09. The number of hydrogen-bond acceptors (Lipinski definition) is 1. The van der Waals surface area contributed by atoms with Crippen LogP contribution in [0, 0.1) is 0 Å². The largest absolute Gasteiger partial charge is 0.361 e. The molecule has 1 saturated heterocycles. The van der Waals surface area contributed by atoms with Gasteiger partial charge in [0, 0.05) is 18.3 Å². The lowest BCUT2D eigenvalue weighted by Gasteiger charge is -2.09. The van der Waals surface area contributed by atoms with E-state index in [2.05, 4.69) is 34.6 Å². The maximum absolute atomic E-state index is 3.41. The molecule has 0 saturated carbocycles. The van der Waals surface area contributed by atoms with Crippen molar-refractivity contribution in [2.75, 3.05) is 13.1 Å². The fourth-order valence-corrected chi connectivity index (χ4v) is 2.37. The standard InChI is InChI=1S/C12H14N2/c1-2-9-5-7-14-12(9)11(3-1)10-4-6-13-8-10/h1-3,5,7,10,13-14H,4,6,8H2. The molecule has 2 heteroatoms. The minimum atomic E-state index is 0.692. The lowest BCUT2D eigenvalue weighted by molar-refractivity contribution is 0.768. The van der Waals surface area contributed by atoms with E-state index in [-0.39, 0.29) is 0 Å². The Labute approximate surface area is 83.3 Å². The second kappa shape index (κ2) is 3.14. The molecular formula is C12H14N2. The minimum Gasteiger partial charge on any atom is -0.361 e. The Bertz CT molecular complexity index is 438. The molecule has 1 unspecified atom stereocenters. The van der Waals surface area contributed by atoms with E-state index in [1.807, 2.05) is 6.20 Å². The molecule has 0 spiro atoms. The number of aromatic nitrogens is 1. The van der Waals surface area contributed by atoms with Crippen LogP contribution in [-0.4, -0.2) is 18.1 Å². The maximum Gasteiger partial charge on any atom is 0.0489 e. The molecule has 0 radical (unpaired) electrons. The molecular weight excluding hydrogens is 172 g/mol. The Morgan fingerprint density at radius 2 is 2.21 bits per heavy atom. The summed E-state index contributed by atoms with van der Waals surface area (Å²) in [5.41, 5.74) is 2.79. The second-order valence-electron chi connectivity index (χ2n) is 3.98. The first-order valence-corrected chi connectivity index (χ1v) is 5.22. The molecule has 2 N–H and O–H groups in total. The van der Waals surface area contributed by atoms with Crippen molar-refractivity contribution >= 4 is 10.9 Å². The lowest BCUT2D eigenvalue weighted by atomic mass is 9.96. The van der Waals surface area contributed by atoms with Crippen molar-refractivity contribution in [3.63, 3.8) is 0 Å². The summed E-state index contributed by atoms with van der Waals surface area (Å²) in [7, 11) is 0. The van der Waals surface area contributed by atoms with Crippen molar-refractivity contribution < 1.29 is 0 Å². The van der Waals surface area contributed by atoms with Crippen molar-refractivity contribution in [1.82, 2.24) is 10.3 Å². The zero-order valence-electron chi connectivity index (χ0n) is 8.09. The number of nitrogens with one attached hydrogen (secondary N) is 2. The van der Waals surface area contributed by atoms with E-state index >= 15 is 0 Å². The first-order chi connectivity index (χ1) is 6.95. The summed E-state index contributed by atoms with van der Waals surface area (Å²) in [6, 6.07) is 8.71. The van der Waals surface area contributed by atoms with E-state index in [9.17, 15) is 0 Å². The smallest absolute Gasteiger partial charge is 0.0489 e. The molecule has 0 aliphatic carbocycles. The van der Waals surface area contributed by atoms with Crippen LogP contribution in [0.3, 0.4) is 0 Å². The van der Waals surface area contributed by atoms with E-state index < -0.39 is 0 Å². The average Bonchev–Trinajstić information content (AvgIpc) is 2.88. The summed E-state index contributed by atoms with van der Waals surface area (Å²) < 4.78 is 0. The normalized spacial score (nSPS) is 21.9. The van der Waals surface area contributed by atoms with Gasteiger partial charge in [0.1, 0.15) is 0 Å². The van der Waals surface area contributed by atoms with Crippen LogP contribution in [0.4, 0.5) is 0 Å². The second-order valence-corrected chi connectivity index (χ2v) is 3.98. The van der Waals surface area contributed by atoms with Gasteiger partial charge >= 0.3 is 0 Å². The molecule has 1 fully saturated rings. The summed E-state index contributed by atoms with van der Waals surface area (Å²) in [6.07, 6.45) is 3.29. The quantitative estimate of drug-likeness (QED) is 0.702. The molecule has 2 aromatic rings. The van der Waals surface area contributed by atoms with Crippen LogP contribution in [0.15, 0.2) is 30.5 Å². The molecule has 14 heavy (non-hydrogen) atoms. The first kappa shape index (κ1) is 8.06. The van der Waals surface area contributed by atoms with Crippen LogP contribution >= 0.6 is 0 Å². The van der Waals surface area contributed by atoms with Crippen LogP contribution in [0.25, 0.3) is 10.9 Å². The van der Waals surface area contributed by atoms with Crippen LogP contribution in [0.1, 0.15) is 17.9 Å². The van der Waals surface area contributed by atoms with Crippen LogP contribution in [-0.2, 0) is 0 Å². The predicted molar refractivity (Wildman–Crippen MR) is 58.5 cm³/mol. The van der Waals surface area contributed by atoms with Gasteiger partial charge in [-0.2, -0.15) is 0 Å². The third-order valence-electron chi connectivity index (χ3n) is 3.12. The Morgan fingerprint density at radius 1 is 1.21 bits per heavy atom. The summed E-state index contributed by atoms with van der Waals surface area (Å²) in [4.78, 5) is 3.34. The SMILES string of the molecule is c1cc(C2CCNC2)c2[nH]ccc2c1. The number of aromatic amines is 1. The van der Waals surface area contributed by atoms with Gasteiger partial charge in [-0.05, 0) is 35.9 Å². The van der Waals surface area contributed by atoms with Crippen molar-refractivity contribution in [2.24, 2.45) is 0 Å². The molecule has 1 aliphatic rings. The van der Waals surface area contributed by atoms with Gasteiger partial charge in [-0.3, -0.25) is 0 Å². The number of hydrogen-bond donors (Lipinski definition) is 2. The number of benzene rings is 1. The zero-order chi connectivity index (χ0) is 9.38. The van der Waals surface area contributed by atoms with Gasteiger partial charge in [-0.25, -0.2) is 0 Å². The summed E-state index contributed by atoms with van der Waals surface area (Å²) in [5.74, 6) is 0.692. The van der Waals surface area contributed by atoms with Crippen molar-refractivity contribution in [2.45, 2.75) is 12.3 Å². The fraction of sp³-hybridized carbons (Fsp3) is 0.333. The highest BCUT2D eigenvalue weighted by molar-refractivity contribution is 5.83. The number of fused-ring (bicyclic) bond motifs is 1. The van der Waals surface area contributed by atoms with Crippen molar-refractivity contribution in [3.8, 4) is 0 Å². The molecule has 2 heterocycles. The minimum absolute atomic E-state index is 0.692. The van der Waals surface area contributed by atoms with Gasteiger partial charge in [0.25, 0.3) is 0 Å². The highest BCUT2D eigenvalue weighted by Gasteiger charge is 2.18. The van der Waals surface area contributed by atoms with Crippen LogP contribution in [0.2, 0.25) is 0 Å². The van der Waals surface area contributed by atoms with E-state index in [4.69, 9.17) is 0 Å². The van der Waals surface area contributed by atoms with Gasteiger partial charge < -0.3 is 10.3 Å². The fourth-order valence-electron chi connectivity index (χ4n) is 2.37. The molecule has 1 aromatic carbocycles. The molecule has 2 nitrogen and oxygen atoms in total. The monoisotopic (exact) mass is 186 g/mol. The van der Waals surface area contributed by atoms with Crippen LogP contribution < -0.4 is 5.32 Å². The molecule has 1 aliphatic heterocycles. The maximum atomic E-state index is 3.41. The van der Waals surface area contributed by atoms with Crippen LogP contribution in [0.5, 0.6) is 0 Å². The molecule has 1 aromatic heterocycles. The van der Waals surface area contributed by atoms with Crippen molar-refractivity contribution in [3.05, 3.63) is 36.0 Å². The molecule has 72 valence electrons.